The number of hydrogen-bond acceptors (Lipinski definition) is 6. The molecule has 1 aliphatic heterocycles. The van der Waals surface area contributed by atoms with E-state index in [2.05, 4.69) is 5.32 Å². The van der Waals surface area contributed by atoms with Gasteiger partial charge in [-0.05, 0) is 65.7 Å². The zero-order valence-electron chi connectivity index (χ0n) is 19.2. The molecule has 0 unspecified atom stereocenters. The van der Waals surface area contributed by atoms with E-state index in [1.165, 1.54) is 61.7 Å². The number of anilines is 1. The third kappa shape index (κ3) is 5.44. The van der Waals surface area contributed by atoms with Crippen molar-refractivity contribution in [2.75, 3.05) is 12.0 Å². The van der Waals surface area contributed by atoms with Gasteiger partial charge in [0.2, 0.25) is 0 Å². The molecule has 188 valence electrons. The fourth-order valence-electron chi connectivity index (χ4n) is 3.56. The van der Waals surface area contributed by atoms with E-state index >= 15 is 0 Å². The first-order valence-corrected chi connectivity index (χ1v) is 11.1. The van der Waals surface area contributed by atoms with Crippen LogP contribution in [0.2, 0.25) is 5.02 Å². The van der Waals surface area contributed by atoms with Crippen molar-refractivity contribution in [3.8, 4) is 11.5 Å². The van der Waals surface area contributed by atoms with Crippen molar-refractivity contribution in [2.24, 2.45) is 0 Å². The van der Waals surface area contributed by atoms with Gasteiger partial charge in [-0.1, -0.05) is 23.7 Å². The molecule has 0 aliphatic carbocycles. The van der Waals surface area contributed by atoms with Crippen molar-refractivity contribution < 1.29 is 38.1 Å². The third-order valence-electron chi connectivity index (χ3n) is 5.31. The second-order valence-corrected chi connectivity index (χ2v) is 8.17. The maximum Gasteiger partial charge on any atom is 0.335 e. The van der Waals surface area contributed by atoms with Gasteiger partial charge in [0.15, 0.2) is 11.5 Å². The largest absolute Gasteiger partial charge is 0.493 e. The highest BCUT2D eigenvalue weighted by molar-refractivity contribution is 6.39. The molecular formula is C26H18ClFN2O7. The lowest BCUT2D eigenvalue weighted by molar-refractivity contribution is -0.122. The molecule has 1 heterocycles. The monoisotopic (exact) mass is 524 g/mol. The fourth-order valence-corrected chi connectivity index (χ4v) is 3.83. The van der Waals surface area contributed by atoms with Crippen LogP contribution in [0.5, 0.6) is 11.5 Å². The molecule has 1 saturated heterocycles. The van der Waals surface area contributed by atoms with Gasteiger partial charge < -0.3 is 14.6 Å². The summed E-state index contributed by atoms with van der Waals surface area (Å²) in [6, 6.07) is 12.8. The predicted octanol–water partition coefficient (Wildman–Crippen LogP) is 4.43. The minimum Gasteiger partial charge on any atom is -0.493 e. The Labute approximate surface area is 214 Å². The molecule has 1 fully saturated rings. The highest BCUT2D eigenvalue weighted by atomic mass is 35.5. The zero-order valence-corrected chi connectivity index (χ0v) is 19.9. The minimum absolute atomic E-state index is 0.00685. The van der Waals surface area contributed by atoms with Gasteiger partial charge >= 0.3 is 12.0 Å². The predicted molar refractivity (Wildman–Crippen MR) is 131 cm³/mol. The number of aromatic carboxylic acids is 1. The Kier molecular flexibility index (Phi) is 7.21. The molecule has 0 radical (unpaired) electrons. The quantitative estimate of drug-likeness (QED) is 0.346. The Hall–Kier alpha value is -4.70. The highest BCUT2D eigenvalue weighted by Gasteiger charge is 2.37. The summed E-state index contributed by atoms with van der Waals surface area (Å²) in [5, 5.41) is 11.2. The van der Waals surface area contributed by atoms with Crippen molar-refractivity contribution in [3.05, 3.63) is 93.8 Å². The smallest absolute Gasteiger partial charge is 0.335 e. The first kappa shape index (κ1) is 25.4. The van der Waals surface area contributed by atoms with Crippen LogP contribution in [0.15, 0.2) is 66.2 Å². The Morgan fingerprint density at radius 3 is 2.49 bits per heavy atom. The van der Waals surface area contributed by atoms with Crippen LogP contribution < -0.4 is 19.7 Å². The summed E-state index contributed by atoms with van der Waals surface area (Å²) in [6.45, 7) is 0.00685. The molecule has 4 amide bonds. The number of benzene rings is 3. The van der Waals surface area contributed by atoms with Gasteiger partial charge in [-0.15, -0.1) is 0 Å². The average Bonchev–Trinajstić information content (AvgIpc) is 2.86. The molecule has 0 spiro atoms. The summed E-state index contributed by atoms with van der Waals surface area (Å²) in [5.41, 5.74) is 0.530. The summed E-state index contributed by atoms with van der Waals surface area (Å²) in [4.78, 5) is 49.8. The second-order valence-electron chi connectivity index (χ2n) is 7.76. The minimum atomic E-state index is -1.18. The zero-order chi connectivity index (χ0) is 26.7. The number of carbonyl (C=O) groups is 4. The van der Waals surface area contributed by atoms with Gasteiger partial charge in [-0.25, -0.2) is 18.9 Å². The van der Waals surface area contributed by atoms with Crippen molar-refractivity contribution in [3.63, 3.8) is 0 Å². The van der Waals surface area contributed by atoms with E-state index in [0.29, 0.717) is 16.0 Å². The first-order valence-electron chi connectivity index (χ1n) is 10.7. The number of nitrogens with zero attached hydrogens (tertiary/aromatic N) is 1. The molecule has 0 atom stereocenters. The van der Waals surface area contributed by atoms with Gasteiger partial charge in [0.25, 0.3) is 11.8 Å². The normalized spacial score (nSPS) is 14.5. The number of nitrogens with one attached hydrogen (secondary N) is 1. The number of halogens is 2. The number of methoxy groups -OCH3 is 1. The van der Waals surface area contributed by atoms with Crippen molar-refractivity contribution in [2.45, 2.75) is 6.61 Å². The topological polar surface area (TPSA) is 122 Å². The van der Waals surface area contributed by atoms with Gasteiger partial charge in [-0.3, -0.25) is 14.9 Å². The molecule has 37 heavy (non-hydrogen) atoms. The number of carboxylic acids is 1. The number of ether oxygens (including phenoxy) is 2. The molecule has 11 heteroatoms. The van der Waals surface area contributed by atoms with E-state index in [0.717, 1.165) is 0 Å². The summed E-state index contributed by atoms with van der Waals surface area (Å²) in [5.74, 6) is -3.07. The first-order chi connectivity index (χ1) is 17.7. The summed E-state index contributed by atoms with van der Waals surface area (Å²) >= 11 is 6.38. The number of carbonyl (C=O) groups excluding carboxylic acids is 3. The van der Waals surface area contributed by atoms with E-state index < -0.39 is 29.6 Å². The van der Waals surface area contributed by atoms with E-state index in [4.69, 9.17) is 26.2 Å². The number of rotatable bonds is 7. The summed E-state index contributed by atoms with van der Waals surface area (Å²) in [6.07, 6.45) is 1.23. The molecular weight excluding hydrogens is 507 g/mol. The van der Waals surface area contributed by atoms with E-state index in [1.54, 1.807) is 12.1 Å². The SMILES string of the molecule is COc1cc(/C=C2\C(=O)NC(=O)N(c3ccc(C(=O)O)cc3)C2=O)cc(Cl)c1OCc1cccc(F)c1. The molecule has 1 aliphatic rings. The number of imide groups is 2. The lowest BCUT2D eigenvalue weighted by Gasteiger charge is -2.26. The lowest BCUT2D eigenvalue weighted by Crippen LogP contribution is -2.54. The molecule has 4 rings (SSSR count). The van der Waals surface area contributed by atoms with Crippen LogP contribution in [0, 0.1) is 5.82 Å². The van der Waals surface area contributed by atoms with E-state index in [-0.39, 0.29) is 40.0 Å². The average molecular weight is 525 g/mol. The lowest BCUT2D eigenvalue weighted by atomic mass is 10.1. The number of urea groups is 1. The van der Waals surface area contributed by atoms with Crippen LogP contribution in [-0.4, -0.2) is 36.0 Å². The molecule has 9 nitrogen and oxygen atoms in total. The molecule has 0 aromatic heterocycles. The van der Waals surface area contributed by atoms with Crippen molar-refractivity contribution in [1.29, 1.82) is 0 Å². The van der Waals surface area contributed by atoms with Crippen LogP contribution in [0.1, 0.15) is 21.5 Å². The van der Waals surface area contributed by atoms with Crippen LogP contribution in [0.25, 0.3) is 6.08 Å². The van der Waals surface area contributed by atoms with Crippen LogP contribution in [0.4, 0.5) is 14.9 Å². The fraction of sp³-hybridized carbons (Fsp3) is 0.0769. The number of hydrogen-bond donors (Lipinski definition) is 2. The van der Waals surface area contributed by atoms with E-state index in [9.17, 15) is 23.6 Å². The molecule has 3 aromatic carbocycles. The van der Waals surface area contributed by atoms with Crippen LogP contribution >= 0.6 is 11.6 Å². The van der Waals surface area contributed by atoms with Crippen molar-refractivity contribution >= 4 is 47.2 Å². The molecule has 0 saturated carbocycles. The van der Waals surface area contributed by atoms with Gasteiger partial charge in [-0.2, -0.15) is 0 Å². The third-order valence-corrected chi connectivity index (χ3v) is 5.59. The van der Waals surface area contributed by atoms with Crippen LogP contribution in [-0.2, 0) is 16.2 Å². The van der Waals surface area contributed by atoms with Crippen LogP contribution in [0.3, 0.4) is 0 Å². The summed E-state index contributed by atoms with van der Waals surface area (Å²) < 4.78 is 24.5. The Bertz CT molecular complexity index is 1450. The maximum absolute atomic E-state index is 13.4. The second kappa shape index (κ2) is 10.5. The summed E-state index contributed by atoms with van der Waals surface area (Å²) in [7, 11) is 1.37. The van der Waals surface area contributed by atoms with E-state index in [1.807, 2.05) is 0 Å². The Balaban J connectivity index is 1.63. The Morgan fingerprint density at radius 1 is 1.11 bits per heavy atom. The standard InChI is InChI=1S/C26H18ClFN2O7/c1-36-21-12-15(11-20(27)22(21)37-13-14-3-2-4-17(28)9-14)10-19-23(31)29-26(35)30(24(19)32)18-7-5-16(6-8-18)25(33)34/h2-12H,13H2,1H3,(H,33,34)(H,29,31,35)/b19-10+. The molecule has 3 aromatic rings. The van der Waals surface area contributed by atoms with Gasteiger partial charge in [0.1, 0.15) is 18.0 Å². The van der Waals surface area contributed by atoms with Gasteiger partial charge in [0.05, 0.1) is 23.4 Å². The molecule has 2 N–H and O–H groups in total. The number of amides is 4. The van der Waals surface area contributed by atoms with Gasteiger partial charge in [0, 0.05) is 0 Å². The van der Waals surface area contributed by atoms with Crippen molar-refractivity contribution in [1.82, 2.24) is 5.32 Å². The molecule has 0 bridgehead atoms. The Morgan fingerprint density at radius 2 is 1.84 bits per heavy atom. The highest BCUT2D eigenvalue weighted by Crippen LogP contribution is 2.38. The maximum atomic E-state index is 13.4. The number of barbiturate groups is 1. The number of carboxylic acid groups (broad SMARTS) is 1.